The van der Waals surface area contributed by atoms with Gasteiger partial charge in [-0.3, -0.25) is 4.79 Å². The van der Waals surface area contributed by atoms with Gasteiger partial charge in [0.1, 0.15) is 5.75 Å². The number of carbonyl (C=O) groups is 1. The molecule has 3 N–H and O–H groups in total. The van der Waals surface area contributed by atoms with Crippen molar-refractivity contribution in [3.05, 3.63) is 29.8 Å². The number of nitrogens with zero attached hydrogens (tertiary/aromatic N) is 1. The van der Waals surface area contributed by atoms with Crippen LogP contribution in [0, 0.1) is 5.92 Å². The Morgan fingerprint density at radius 3 is 2.62 bits per heavy atom. The average Bonchev–Trinajstić information content (AvgIpc) is 3.39. The van der Waals surface area contributed by atoms with Gasteiger partial charge in [-0.1, -0.05) is 18.2 Å². The van der Waals surface area contributed by atoms with Crippen LogP contribution in [0.2, 0.25) is 0 Å². The second-order valence-corrected chi connectivity index (χ2v) is 7.71. The first kappa shape index (κ1) is 20.1. The molecule has 0 atom stereocenters. The van der Waals surface area contributed by atoms with E-state index in [1.807, 2.05) is 52.0 Å². The predicted molar refractivity (Wildman–Crippen MR) is 105 cm³/mol. The third-order valence-electron chi connectivity index (χ3n) is 3.83. The minimum atomic E-state index is -0.244. The molecule has 0 spiro atoms. The van der Waals surface area contributed by atoms with Crippen LogP contribution >= 0.6 is 0 Å². The Hall–Kier alpha value is -2.24. The number of carbonyl (C=O) groups excluding carboxylic acids is 1. The molecule has 2 rings (SSSR count). The summed E-state index contributed by atoms with van der Waals surface area (Å²) in [6, 6.07) is 7.99. The number of amides is 1. The number of rotatable bonds is 8. The van der Waals surface area contributed by atoms with Gasteiger partial charge in [-0.15, -0.1) is 0 Å². The molecule has 1 aromatic carbocycles. The van der Waals surface area contributed by atoms with E-state index in [9.17, 15) is 4.79 Å². The van der Waals surface area contributed by atoms with Crippen molar-refractivity contribution in [2.24, 2.45) is 10.9 Å². The quantitative estimate of drug-likeness (QED) is 0.492. The highest BCUT2D eigenvalue weighted by molar-refractivity contribution is 5.86. The van der Waals surface area contributed by atoms with Crippen molar-refractivity contribution in [1.82, 2.24) is 16.0 Å². The zero-order chi connectivity index (χ0) is 19.0. The maximum atomic E-state index is 12.0. The summed E-state index contributed by atoms with van der Waals surface area (Å²) in [5, 5.41) is 9.18. The van der Waals surface area contributed by atoms with Crippen LogP contribution in [0.1, 0.15) is 46.1 Å². The molecule has 0 bridgehead atoms. The summed E-state index contributed by atoms with van der Waals surface area (Å²) in [4.78, 5) is 16.6. The molecule has 1 aliphatic carbocycles. The highest BCUT2D eigenvalue weighted by atomic mass is 16.5. The lowest BCUT2D eigenvalue weighted by Gasteiger charge is -2.21. The van der Waals surface area contributed by atoms with E-state index in [2.05, 4.69) is 20.9 Å². The van der Waals surface area contributed by atoms with Gasteiger partial charge in [0.2, 0.25) is 5.91 Å². The molecule has 26 heavy (non-hydrogen) atoms. The fourth-order valence-electron chi connectivity index (χ4n) is 2.40. The topological polar surface area (TPSA) is 74.8 Å². The van der Waals surface area contributed by atoms with Gasteiger partial charge in [-0.05, 0) is 52.5 Å². The second-order valence-electron chi connectivity index (χ2n) is 7.71. The van der Waals surface area contributed by atoms with E-state index < -0.39 is 0 Å². The Kier molecular flexibility index (Phi) is 7.30. The van der Waals surface area contributed by atoms with E-state index >= 15 is 0 Å². The van der Waals surface area contributed by atoms with Crippen molar-refractivity contribution >= 4 is 11.9 Å². The maximum absolute atomic E-state index is 12.0. The summed E-state index contributed by atoms with van der Waals surface area (Å²) < 4.78 is 5.93. The number of ether oxygens (including phenoxy) is 1. The summed E-state index contributed by atoms with van der Waals surface area (Å²) in [5.41, 5.74) is 0.802. The standard InChI is InChI=1S/C20H32N4O2/c1-5-21-19(23-13-18(25)24-20(2,3)4)22-12-16-8-6-7-9-17(16)26-14-15-10-11-15/h6-9,15H,5,10-14H2,1-4H3,(H,24,25)(H2,21,22,23). The van der Waals surface area contributed by atoms with Gasteiger partial charge in [0.15, 0.2) is 5.96 Å². The van der Waals surface area contributed by atoms with Crippen LogP contribution in [-0.4, -0.2) is 37.1 Å². The highest BCUT2D eigenvalue weighted by Gasteiger charge is 2.22. The number of aliphatic imine (C=N–C) groups is 1. The lowest BCUT2D eigenvalue weighted by molar-refractivity contribution is -0.121. The van der Waals surface area contributed by atoms with Crippen LogP contribution in [0.25, 0.3) is 0 Å². The summed E-state index contributed by atoms with van der Waals surface area (Å²) in [7, 11) is 0. The third kappa shape index (κ3) is 7.76. The van der Waals surface area contributed by atoms with Gasteiger partial charge in [0.05, 0.1) is 19.7 Å². The summed E-state index contributed by atoms with van der Waals surface area (Å²) >= 11 is 0. The summed E-state index contributed by atoms with van der Waals surface area (Å²) in [6.45, 7) is 10.1. The zero-order valence-corrected chi connectivity index (χ0v) is 16.4. The number of hydrogen-bond acceptors (Lipinski definition) is 3. The molecular formula is C20H32N4O2. The van der Waals surface area contributed by atoms with Crippen molar-refractivity contribution in [3.8, 4) is 5.75 Å². The SMILES string of the molecule is CCNC(=NCc1ccccc1OCC1CC1)NCC(=O)NC(C)(C)C. The minimum Gasteiger partial charge on any atom is -0.493 e. The molecular weight excluding hydrogens is 328 g/mol. The number of benzene rings is 1. The average molecular weight is 361 g/mol. The first-order valence-corrected chi connectivity index (χ1v) is 9.41. The first-order valence-electron chi connectivity index (χ1n) is 9.41. The van der Waals surface area contributed by atoms with Crippen molar-refractivity contribution in [2.45, 2.75) is 52.6 Å². The molecule has 0 heterocycles. The molecule has 0 aliphatic heterocycles. The zero-order valence-electron chi connectivity index (χ0n) is 16.4. The number of nitrogens with one attached hydrogen (secondary N) is 3. The van der Waals surface area contributed by atoms with Crippen LogP contribution in [0.5, 0.6) is 5.75 Å². The van der Waals surface area contributed by atoms with Crippen LogP contribution < -0.4 is 20.7 Å². The molecule has 1 amide bonds. The highest BCUT2D eigenvalue weighted by Crippen LogP contribution is 2.30. The smallest absolute Gasteiger partial charge is 0.239 e. The van der Waals surface area contributed by atoms with Gasteiger partial charge in [-0.25, -0.2) is 4.99 Å². The molecule has 1 fully saturated rings. The van der Waals surface area contributed by atoms with Gasteiger partial charge < -0.3 is 20.7 Å². The lowest BCUT2D eigenvalue weighted by Crippen LogP contribution is -2.48. The first-order chi connectivity index (χ1) is 12.4. The van der Waals surface area contributed by atoms with E-state index in [0.717, 1.165) is 24.5 Å². The Balaban J connectivity index is 1.92. The molecule has 6 heteroatoms. The fourth-order valence-corrected chi connectivity index (χ4v) is 2.40. The molecule has 0 aromatic heterocycles. The van der Waals surface area contributed by atoms with Crippen LogP contribution in [-0.2, 0) is 11.3 Å². The molecule has 6 nitrogen and oxygen atoms in total. The lowest BCUT2D eigenvalue weighted by atomic mass is 10.1. The number of guanidine groups is 1. The molecule has 0 unspecified atom stereocenters. The Labute approximate surface area is 156 Å². The molecule has 1 saturated carbocycles. The molecule has 1 aromatic rings. The van der Waals surface area contributed by atoms with Crippen molar-refractivity contribution in [1.29, 1.82) is 0 Å². The van der Waals surface area contributed by atoms with E-state index in [1.54, 1.807) is 0 Å². The molecule has 0 saturated heterocycles. The Bertz CT molecular complexity index is 618. The second kappa shape index (κ2) is 9.46. The van der Waals surface area contributed by atoms with Crippen LogP contribution in [0.3, 0.4) is 0 Å². The monoisotopic (exact) mass is 360 g/mol. The largest absolute Gasteiger partial charge is 0.493 e. The number of para-hydroxylation sites is 1. The van der Waals surface area contributed by atoms with Gasteiger partial charge in [0.25, 0.3) is 0 Å². The Morgan fingerprint density at radius 1 is 1.23 bits per heavy atom. The summed E-state index contributed by atoms with van der Waals surface area (Å²) in [5.74, 6) is 2.17. The molecule has 1 aliphatic rings. The van der Waals surface area contributed by atoms with Gasteiger partial charge in [-0.2, -0.15) is 0 Å². The normalized spacial score (nSPS) is 14.7. The van der Waals surface area contributed by atoms with Crippen LogP contribution in [0.4, 0.5) is 0 Å². The molecule has 144 valence electrons. The number of hydrogen-bond donors (Lipinski definition) is 3. The van der Waals surface area contributed by atoms with E-state index in [1.165, 1.54) is 12.8 Å². The third-order valence-corrected chi connectivity index (χ3v) is 3.83. The Morgan fingerprint density at radius 2 is 1.96 bits per heavy atom. The van der Waals surface area contributed by atoms with Crippen molar-refractivity contribution in [3.63, 3.8) is 0 Å². The van der Waals surface area contributed by atoms with Gasteiger partial charge in [0, 0.05) is 17.6 Å². The predicted octanol–water partition coefficient (Wildman–Crippen LogP) is 2.45. The fraction of sp³-hybridized carbons (Fsp3) is 0.600. The van der Waals surface area contributed by atoms with Gasteiger partial charge >= 0.3 is 0 Å². The van der Waals surface area contributed by atoms with Crippen LogP contribution in [0.15, 0.2) is 29.3 Å². The van der Waals surface area contributed by atoms with Crippen molar-refractivity contribution in [2.75, 3.05) is 19.7 Å². The van der Waals surface area contributed by atoms with Crippen molar-refractivity contribution < 1.29 is 9.53 Å². The maximum Gasteiger partial charge on any atom is 0.239 e. The van der Waals surface area contributed by atoms with E-state index in [0.29, 0.717) is 18.4 Å². The van der Waals surface area contributed by atoms with E-state index in [4.69, 9.17) is 4.74 Å². The minimum absolute atomic E-state index is 0.0590. The molecule has 0 radical (unpaired) electrons. The van der Waals surface area contributed by atoms with E-state index in [-0.39, 0.29) is 18.0 Å². The summed E-state index contributed by atoms with van der Waals surface area (Å²) in [6.07, 6.45) is 2.54.